The van der Waals surface area contributed by atoms with Gasteiger partial charge in [-0.2, -0.15) is 13.2 Å². The monoisotopic (exact) mass is 347 g/mol. The van der Waals surface area contributed by atoms with Crippen LogP contribution in [-0.2, 0) is 12.6 Å². The highest BCUT2D eigenvalue weighted by Crippen LogP contribution is 2.32. The van der Waals surface area contributed by atoms with Gasteiger partial charge in [0.05, 0.1) is 11.1 Å². The van der Waals surface area contributed by atoms with Gasteiger partial charge in [0, 0.05) is 18.2 Å². The Kier molecular flexibility index (Phi) is 4.34. The minimum Gasteiger partial charge on any atom is -0.326 e. The minimum atomic E-state index is -4.46. The fourth-order valence-electron chi connectivity index (χ4n) is 3.00. The molecule has 0 saturated heterocycles. The zero-order valence-electron chi connectivity index (χ0n) is 13.2. The predicted octanol–water partition coefficient (Wildman–Crippen LogP) is 3.06. The van der Waals surface area contributed by atoms with Crippen molar-refractivity contribution in [3.63, 3.8) is 0 Å². The molecular formula is C18H16F3N3O. The lowest BCUT2D eigenvalue weighted by atomic mass is 10.00. The van der Waals surface area contributed by atoms with E-state index in [1.165, 1.54) is 23.1 Å². The number of rotatable bonds is 4. The first-order valence-electron chi connectivity index (χ1n) is 7.69. The summed E-state index contributed by atoms with van der Waals surface area (Å²) in [5.74, 6) is -0.319. The van der Waals surface area contributed by atoms with Crippen LogP contribution in [0.1, 0.15) is 27.0 Å². The highest BCUT2D eigenvalue weighted by molar-refractivity contribution is 6.22. The molecule has 7 heteroatoms. The molecule has 0 spiro atoms. The molecule has 0 unspecified atom stereocenters. The number of amides is 1. The van der Waals surface area contributed by atoms with Gasteiger partial charge in [-0.1, -0.05) is 36.4 Å². The van der Waals surface area contributed by atoms with Gasteiger partial charge in [-0.05, 0) is 24.1 Å². The number of amidine groups is 1. The standard InChI is InChI=1S/C18H16F3N3O/c19-18(20,21)15-8-4-1-5-11(15)9-12(22)10-24-16(23)13-6-2-3-7-14(13)17(24)25/h1-8,12,23H,9-10,22H2/t12-/m0/s1. The van der Waals surface area contributed by atoms with Crippen LogP contribution in [0.25, 0.3) is 0 Å². The van der Waals surface area contributed by atoms with Gasteiger partial charge in [-0.15, -0.1) is 0 Å². The summed E-state index contributed by atoms with van der Waals surface area (Å²) in [7, 11) is 0. The van der Waals surface area contributed by atoms with Crippen molar-refractivity contribution in [3.8, 4) is 0 Å². The van der Waals surface area contributed by atoms with E-state index < -0.39 is 17.8 Å². The summed E-state index contributed by atoms with van der Waals surface area (Å²) in [6, 6.07) is 11.2. The quantitative estimate of drug-likeness (QED) is 0.892. The van der Waals surface area contributed by atoms with Crippen molar-refractivity contribution < 1.29 is 18.0 Å². The molecule has 4 nitrogen and oxygen atoms in total. The summed E-state index contributed by atoms with van der Waals surface area (Å²) >= 11 is 0. The lowest BCUT2D eigenvalue weighted by molar-refractivity contribution is -0.138. The van der Waals surface area contributed by atoms with Crippen LogP contribution in [0.4, 0.5) is 13.2 Å². The average molecular weight is 347 g/mol. The Hall–Kier alpha value is -2.67. The molecule has 1 amide bonds. The molecule has 1 aliphatic heterocycles. The number of nitrogens with one attached hydrogen (secondary N) is 1. The second kappa shape index (κ2) is 6.33. The van der Waals surface area contributed by atoms with Crippen molar-refractivity contribution in [2.45, 2.75) is 18.6 Å². The fourth-order valence-corrected chi connectivity index (χ4v) is 3.00. The smallest absolute Gasteiger partial charge is 0.326 e. The zero-order valence-corrected chi connectivity index (χ0v) is 13.2. The van der Waals surface area contributed by atoms with Crippen molar-refractivity contribution in [1.82, 2.24) is 4.90 Å². The maximum atomic E-state index is 13.1. The summed E-state index contributed by atoms with van der Waals surface area (Å²) < 4.78 is 39.2. The van der Waals surface area contributed by atoms with Crippen molar-refractivity contribution in [1.29, 1.82) is 5.41 Å². The van der Waals surface area contributed by atoms with Gasteiger partial charge >= 0.3 is 6.18 Å². The molecule has 0 fully saturated rings. The molecule has 0 radical (unpaired) electrons. The number of fused-ring (bicyclic) bond motifs is 1. The van der Waals surface area contributed by atoms with E-state index in [1.807, 2.05) is 0 Å². The Morgan fingerprint density at radius 2 is 1.64 bits per heavy atom. The van der Waals surface area contributed by atoms with E-state index in [1.54, 1.807) is 24.3 Å². The molecular weight excluding hydrogens is 331 g/mol. The minimum absolute atomic E-state index is 0.0153. The second-order valence-corrected chi connectivity index (χ2v) is 5.93. The third-order valence-electron chi connectivity index (χ3n) is 4.15. The Labute approximate surface area is 142 Å². The molecule has 25 heavy (non-hydrogen) atoms. The first kappa shape index (κ1) is 17.2. The number of nitrogens with zero attached hydrogens (tertiary/aromatic N) is 1. The summed E-state index contributed by atoms with van der Waals surface area (Å²) in [5.41, 5.74) is 6.28. The van der Waals surface area contributed by atoms with E-state index in [0.717, 1.165) is 6.07 Å². The first-order valence-corrected chi connectivity index (χ1v) is 7.69. The molecule has 1 aliphatic rings. The van der Waals surface area contributed by atoms with E-state index in [2.05, 4.69) is 0 Å². The van der Waals surface area contributed by atoms with Crippen LogP contribution < -0.4 is 5.73 Å². The van der Waals surface area contributed by atoms with Gasteiger partial charge in [-0.3, -0.25) is 15.1 Å². The van der Waals surface area contributed by atoms with Crippen LogP contribution >= 0.6 is 0 Å². The number of carbonyl (C=O) groups excluding carboxylic acids is 1. The largest absolute Gasteiger partial charge is 0.416 e. The molecule has 2 aromatic rings. The van der Waals surface area contributed by atoms with Crippen molar-refractivity contribution in [3.05, 3.63) is 70.8 Å². The SMILES string of the molecule is N=C1c2ccccc2C(=O)N1C[C@@H](N)Cc1ccccc1C(F)(F)F. The lowest BCUT2D eigenvalue weighted by Crippen LogP contribution is -2.42. The van der Waals surface area contributed by atoms with Crippen LogP contribution in [0.15, 0.2) is 48.5 Å². The summed E-state index contributed by atoms with van der Waals surface area (Å²) in [6.07, 6.45) is -4.49. The number of alkyl halides is 3. The van der Waals surface area contributed by atoms with Gasteiger partial charge in [0.2, 0.25) is 0 Å². The number of carbonyl (C=O) groups is 1. The van der Waals surface area contributed by atoms with E-state index >= 15 is 0 Å². The third-order valence-corrected chi connectivity index (χ3v) is 4.15. The summed E-state index contributed by atoms with van der Waals surface area (Å²) in [5, 5.41) is 8.10. The molecule has 130 valence electrons. The van der Waals surface area contributed by atoms with Crippen LogP contribution in [-0.4, -0.2) is 29.2 Å². The maximum absolute atomic E-state index is 13.1. The number of benzene rings is 2. The van der Waals surface area contributed by atoms with Crippen molar-refractivity contribution in [2.24, 2.45) is 5.73 Å². The van der Waals surface area contributed by atoms with E-state index in [4.69, 9.17) is 11.1 Å². The molecule has 0 bridgehead atoms. The van der Waals surface area contributed by atoms with Gasteiger partial charge in [0.25, 0.3) is 5.91 Å². The Morgan fingerprint density at radius 1 is 1.04 bits per heavy atom. The molecule has 0 saturated carbocycles. The number of hydrogen-bond acceptors (Lipinski definition) is 3. The van der Waals surface area contributed by atoms with E-state index in [-0.39, 0.29) is 30.3 Å². The van der Waals surface area contributed by atoms with Crippen molar-refractivity contribution in [2.75, 3.05) is 6.54 Å². The predicted molar refractivity (Wildman–Crippen MR) is 87.4 cm³/mol. The normalized spacial score (nSPS) is 15.4. The van der Waals surface area contributed by atoms with Crippen molar-refractivity contribution >= 4 is 11.7 Å². The molecule has 1 atom stereocenters. The average Bonchev–Trinajstić information content (AvgIpc) is 2.80. The fraction of sp³-hybridized carbons (Fsp3) is 0.222. The Bertz CT molecular complexity index is 797. The summed E-state index contributed by atoms with van der Waals surface area (Å²) in [4.78, 5) is 13.6. The Balaban J connectivity index is 1.76. The highest BCUT2D eigenvalue weighted by atomic mass is 19.4. The second-order valence-electron chi connectivity index (χ2n) is 5.93. The van der Waals surface area contributed by atoms with Crippen LogP contribution in [0.5, 0.6) is 0 Å². The molecule has 0 aromatic heterocycles. The van der Waals surface area contributed by atoms with Crippen LogP contribution in [0.2, 0.25) is 0 Å². The summed E-state index contributed by atoms with van der Waals surface area (Å²) in [6.45, 7) is -0.0153. The third kappa shape index (κ3) is 3.28. The lowest BCUT2D eigenvalue weighted by Gasteiger charge is -2.22. The van der Waals surface area contributed by atoms with E-state index in [9.17, 15) is 18.0 Å². The molecule has 1 heterocycles. The van der Waals surface area contributed by atoms with Gasteiger partial charge in [0.1, 0.15) is 5.84 Å². The Morgan fingerprint density at radius 3 is 2.28 bits per heavy atom. The van der Waals surface area contributed by atoms with Gasteiger partial charge in [-0.25, -0.2) is 0 Å². The van der Waals surface area contributed by atoms with E-state index in [0.29, 0.717) is 11.1 Å². The van der Waals surface area contributed by atoms with Crippen LogP contribution in [0.3, 0.4) is 0 Å². The number of nitrogens with two attached hydrogens (primary N) is 1. The molecule has 0 aliphatic carbocycles. The topological polar surface area (TPSA) is 70.2 Å². The first-order chi connectivity index (χ1) is 11.8. The highest BCUT2D eigenvalue weighted by Gasteiger charge is 2.35. The molecule has 3 rings (SSSR count). The van der Waals surface area contributed by atoms with Gasteiger partial charge in [0.15, 0.2) is 0 Å². The van der Waals surface area contributed by atoms with Crippen LogP contribution in [0, 0.1) is 5.41 Å². The zero-order chi connectivity index (χ0) is 18.2. The van der Waals surface area contributed by atoms with Gasteiger partial charge < -0.3 is 5.73 Å². The molecule has 2 aromatic carbocycles. The maximum Gasteiger partial charge on any atom is 0.416 e. The number of hydrogen-bond donors (Lipinski definition) is 2. The number of halogens is 3. The molecule has 3 N–H and O–H groups in total.